The smallest absolute Gasteiger partial charge is 0.00208 e. The van der Waals surface area contributed by atoms with E-state index in [1.54, 1.807) is 0 Å². The fourth-order valence-electron chi connectivity index (χ4n) is 2.78. The molecule has 2 atom stereocenters. The van der Waals surface area contributed by atoms with Gasteiger partial charge in [-0.2, -0.15) is 0 Å². The summed E-state index contributed by atoms with van der Waals surface area (Å²) < 4.78 is 0. The highest BCUT2D eigenvalue weighted by Crippen LogP contribution is 2.33. The second-order valence-corrected chi connectivity index (χ2v) is 5.02. The maximum absolute atomic E-state index is 4.17. The molecule has 0 bridgehead atoms. The van der Waals surface area contributed by atoms with E-state index in [-0.39, 0.29) is 0 Å². The van der Waals surface area contributed by atoms with Crippen molar-refractivity contribution >= 4 is 0 Å². The van der Waals surface area contributed by atoms with Gasteiger partial charge in [0.2, 0.25) is 0 Å². The highest BCUT2D eigenvalue weighted by atomic mass is 14.8. The average molecular weight is 209 g/mol. The molecule has 1 rings (SSSR count). The third-order valence-electron chi connectivity index (χ3n) is 3.83. The average Bonchev–Trinajstić information content (AvgIpc) is 2.45. The van der Waals surface area contributed by atoms with Gasteiger partial charge in [-0.25, -0.2) is 0 Å². The van der Waals surface area contributed by atoms with Crippen molar-refractivity contribution in [2.45, 2.75) is 51.9 Å². The Morgan fingerprint density at radius 2 is 1.87 bits per heavy atom. The molecule has 1 nitrogen and oxygen atoms in total. The molecule has 0 amide bonds. The van der Waals surface area contributed by atoms with Crippen LogP contribution in [0.4, 0.5) is 0 Å². The van der Waals surface area contributed by atoms with Crippen LogP contribution in [0.15, 0.2) is 12.2 Å². The largest absolute Gasteiger partial charge is 0.319 e. The molecule has 0 radical (unpaired) electrons. The van der Waals surface area contributed by atoms with Crippen molar-refractivity contribution in [1.82, 2.24) is 5.32 Å². The van der Waals surface area contributed by atoms with Crippen LogP contribution in [0.25, 0.3) is 0 Å². The molecule has 0 aliphatic heterocycles. The van der Waals surface area contributed by atoms with E-state index in [0.29, 0.717) is 0 Å². The summed E-state index contributed by atoms with van der Waals surface area (Å²) in [6, 6.07) is 0. The fourth-order valence-corrected chi connectivity index (χ4v) is 2.78. The predicted molar refractivity (Wildman–Crippen MR) is 68.0 cm³/mol. The van der Waals surface area contributed by atoms with E-state index in [9.17, 15) is 0 Å². The summed E-state index contributed by atoms with van der Waals surface area (Å²) in [5.41, 5.74) is 1.45. The fraction of sp³-hybridized carbons (Fsp3) is 0.857. The molecule has 1 heteroatoms. The number of hydrogen-bond acceptors (Lipinski definition) is 1. The van der Waals surface area contributed by atoms with Crippen LogP contribution in [0, 0.1) is 11.8 Å². The monoisotopic (exact) mass is 209 g/mol. The summed E-state index contributed by atoms with van der Waals surface area (Å²) in [6.07, 6.45) is 9.57. The van der Waals surface area contributed by atoms with E-state index in [4.69, 9.17) is 0 Å². The summed E-state index contributed by atoms with van der Waals surface area (Å²) in [4.78, 5) is 0. The standard InChI is InChI=1S/C14H27N/c1-4-12(2)10-13-8-6-5-7-9-14(13)11-15-3/h13-15H,2,4-11H2,1,3H3. The molecular formula is C14H27N. The lowest BCUT2D eigenvalue weighted by atomic mass is 9.83. The lowest BCUT2D eigenvalue weighted by Crippen LogP contribution is -2.25. The van der Waals surface area contributed by atoms with E-state index in [1.165, 1.54) is 50.6 Å². The van der Waals surface area contributed by atoms with Gasteiger partial charge < -0.3 is 5.32 Å². The van der Waals surface area contributed by atoms with Gasteiger partial charge in [-0.05, 0) is 51.1 Å². The van der Waals surface area contributed by atoms with Gasteiger partial charge in [-0.1, -0.05) is 38.3 Å². The van der Waals surface area contributed by atoms with Crippen LogP contribution in [0.3, 0.4) is 0 Å². The maximum atomic E-state index is 4.17. The van der Waals surface area contributed by atoms with Gasteiger partial charge in [0.1, 0.15) is 0 Å². The third kappa shape index (κ3) is 4.38. The van der Waals surface area contributed by atoms with Crippen molar-refractivity contribution in [1.29, 1.82) is 0 Å². The summed E-state index contributed by atoms with van der Waals surface area (Å²) >= 11 is 0. The van der Waals surface area contributed by atoms with Gasteiger partial charge in [-0.15, -0.1) is 0 Å². The minimum Gasteiger partial charge on any atom is -0.319 e. The van der Waals surface area contributed by atoms with Crippen molar-refractivity contribution in [3.8, 4) is 0 Å². The lowest BCUT2D eigenvalue weighted by Gasteiger charge is -2.25. The minimum absolute atomic E-state index is 0.890. The number of rotatable bonds is 5. The SMILES string of the molecule is C=C(CC)CC1CCCCCC1CNC. The highest BCUT2D eigenvalue weighted by molar-refractivity contribution is 4.96. The topological polar surface area (TPSA) is 12.0 Å². The Hall–Kier alpha value is -0.300. The molecule has 88 valence electrons. The number of nitrogens with one attached hydrogen (secondary N) is 1. The van der Waals surface area contributed by atoms with Crippen LogP contribution in [-0.2, 0) is 0 Å². The Morgan fingerprint density at radius 3 is 2.47 bits per heavy atom. The van der Waals surface area contributed by atoms with E-state index < -0.39 is 0 Å². The van der Waals surface area contributed by atoms with Gasteiger partial charge >= 0.3 is 0 Å². The Morgan fingerprint density at radius 1 is 1.20 bits per heavy atom. The van der Waals surface area contributed by atoms with Crippen LogP contribution in [-0.4, -0.2) is 13.6 Å². The molecular weight excluding hydrogens is 182 g/mol. The van der Waals surface area contributed by atoms with Crippen LogP contribution < -0.4 is 5.32 Å². The summed E-state index contributed by atoms with van der Waals surface area (Å²) in [5.74, 6) is 1.79. The summed E-state index contributed by atoms with van der Waals surface area (Å²) in [5, 5.41) is 3.36. The molecule has 1 fully saturated rings. The molecule has 1 aliphatic carbocycles. The Bertz CT molecular complexity index is 186. The molecule has 0 aromatic heterocycles. The van der Waals surface area contributed by atoms with E-state index >= 15 is 0 Å². The van der Waals surface area contributed by atoms with Gasteiger partial charge in [-0.3, -0.25) is 0 Å². The van der Waals surface area contributed by atoms with Crippen LogP contribution in [0.5, 0.6) is 0 Å². The van der Waals surface area contributed by atoms with E-state index in [1.807, 2.05) is 0 Å². The van der Waals surface area contributed by atoms with Crippen LogP contribution in [0.2, 0.25) is 0 Å². The second-order valence-electron chi connectivity index (χ2n) is 5.02. The van der Waals surface area contributed by atoms with Gasteiger partial charge in [0.15, 0.2) is 0 Å². The molecule has 15 heavy (non-hydrogen) atoms. The van der Waals surface area contributed by atoms with Gasteiger partial charge in [0.25, 0.3) is 0 Å². The Balaban J connectivity index is 2.49. The molecule has 1 saturated carbocycles. The molecule has 0 saturated heterocycles. The second kappa shape index (κ2) is 7.05. The summed E-state index contributed by atoms with van der Waals surface area (Å²) in [7, 11) is 2.08. The third-order valence-corrected chi connectivity index (χ3v) is 3.83. The van der Waals surface area contributed by atoms with Gasteiger partial charge in [0, 0.05) is 0 Å². The molecule has 1 aliphatic rings. The van der Waals surface area contributed by atoms with Crippen molar-refractivity contribution < 1.29 is 0 Å². The first-order chi connectivity index (χ1) is 7.27. The number of allylic oxidation sites excluding steroid dienone is 1. The number of hydrogen-bond donors (Lipinski definition) is 1. The predicted octanol–water partition coefficient (Wildman–Crippen LogP) is 3.76. The maximum Gasteiger partial charge on any atom is -0.00208 e. The molecule has 0 aromatic rings. The van der Waals surface area contributed by atoms with Crippen molar-refractivity contribution in [3.05, 3.63) is 12.2 Å². The Labute approximate surface area is 95.3 Å². The zero-order valence-corrected chi connectivity index (χ0v) is 10.5. The first kappa shape index (κ1) is 12.8. The highest BCUT2D eigenvalue weighted by Gasteiger charge is 2.23. The summed E-state index contributed by atoms with van der Waals surface area (Å²) in [6.45, 7) is 7.60. The van der Waals surface area contributed by atoms with Crippen molar-refractivity contribution in [3.63, 3.8) is 0 Å². The minimum atomic E-state index is 0.890. The van der Waals surface area contributed by atoms with E-state index in [2.05, 4.69) is 25.9 Å². The van der Waals surface area contributed by atoms with Crippen molar-refractivity contribution in [2.75, 3.05) is 13.6 Å². The zero-order chi connectivity index (χ0) is 11.1. The quantitative estimate of drug-likeness (QED) is 0.537. The van der Waals surface area contributed by atoms with E-state index in [0.717, 1.165) is 18.3 Å². The molecule has 0 aromatic carbocycles. The first-order valence-electron chi connectivity index (χ1n) is 6.59. The van der Waals surface area contributed by atoms with Gasteiger partial charge in [0.05, 0.1) is 0 Å². The van der Waals surface area contributed by atoms with Crippen LogP contribution >= 0.6 is 0 Å². The molecule has 0 spiro atoms. The normalized spacial score (nSPS) is 27.3. The Kier molecular flexibility index (Phi) is 6.00. The molecule has 0 heterocycles. The lowest BCUT2D eigenvalue weighted by molar-refractivity contribution is 0.302. The first-order valence-corrected chi connectivity index (χ1v) is 6.59. The molecule has 1 N–H and O–H groups in total. The van der Waals surface area contributed by atoms with Crippen LogP contribution in [0.1, 0.15) is 51.9 Å². The molecule has 2 unspecified atom stereocenters. The zero-order valence-electron chi connectivity index (χ0n) is 10.5. The van der Waals surface area contributed by atoms with Crippen molar-refractivity contribution in [2.24, 2.45) is 11.8 Å².